The molecule has 0 saturated heterocycles. The van der Waals surface area contributed by atoms with Gasteiger partial charge < -0.3 is 24.6 Å². The summed E-state index contributed by atoms with van der Waals surface area (Å²) in [6.07, 6.45) is -0.391. The van der Waals surface area contributed by atoms with Crippen molar-refractivity contribution >= 4 is 0 Å². The maximum absolute atomic E-state index is 9.84. The molecule has 2 N–H and O–H groups in total. The SMILES string of the molecule is COc1ccc(C(C)NCC(O)COC(C)C)cc1OC. The van der Waals surface area contributed by atoms with Crippen LogP contribution in [-0.4, -0.2) is 44.7 Å². The highest BCUT2D eigenvalue weighted by Gasteiger charge is 2.12. The third-order valence-electron chi connectivity index (χ3n) is 3.19. The number of methoxy groups -OCH3 is 2. The molecule has 0 aliphatic rings. The molecule has 1 aromatic rings. The minimum absolute atomic E-state index is 0.0958. The zero-order chi connectivity index (χ0) is 15.8. The van der Waals surface area contributed by atoms with Gasteiger partial charge in [0, 0.05) is 12.6 Å². The van der Waals surface area contributed by atoms with Crippen LogP contribution in [0.5, 0.6) is 11.5 Å². The Bertz CT molecular complexity index is 423. The first-order chi connectivity index (χ1) is 9.97. The van der Waals surface area contributed by atoms with E-state index in [0.29, 0.717) is 24.7 Å². The van der Waals surface area contributed by atoms with Gasteiger partial charge in [-0.1, -0.05) is 6.07 Å². The Hall–Kier alpha value is -1.30. The van der Waals surface area contributed by atoms with Crippen LogP contribution in [0.2, 0.25) is 0 Å². The molecular formula is C16H27NO4. The minimum atomic E-state index is -0.519. The lowest BCUT2D eigenvalue weighted by Crippen LogP contribution is -2.32. The number of nitrogens with one attached hydrogen (secondary N) is 1. The maximum Gasteiger partial charge on any atom is 0.161 e. The van der Waals surface area contributed by atoms with Gasteiger partial charge in [-0.05, 0) is 38.5 Å². The van der Waals surface area contributed by atoms with Crippen molar-refractivity contribution in [3.63, 3.8) is 0 Å². The lowest BCUT2D eigenvalue weighted by Gasteiger charge is -2.19. The highest BCUT2D eigenvalue weighted by Crippen LogP contribution is 2.29. The fourth-order valence-corrected chi connectivity index (χ4v) is 1.92. The second-order valence-electron chi connectivity index (χ2n) is 5.28. The molecule has 21 heavy (non-hydrogen) atoms. The molecule has 0 aliphatic carbocycles. The molecule has 0 spiro atoms. The van der Waals surface area contributed by atoms with E-state index in [-0.39, 0.29) is 12.1 Å². The van der Waals surface area contributed by atoms with Crippen molar-refractivity contribution in [1.29, 1.82) is 0 Å². The van der Waals surface area contributed by atoms with Gasteiger partial charge in [0.1, 0.15) is 0 Å². The zero-order valence-electron chi connectivity index (χ0n) is 13.6. The van der Waals surface area contributed by atoms with E-state index < -0.39 is 6.10 Å². The van der Waals surface area contributed by atoms with Crippen LogP contribution in [0.3, 0.4) is 0 Å². The van der Waals surface area contributed by atoms with Gasteiger partial charge in [0.25, 0.3) is 0 Å². The Morgan fingerprint density at radius 3 is 2.33 bits per heavy atom. The van der Waals surface area contributed by atoms with Crippen LogP contribution in [0, 0.1) is 0 Å². The van der Waals surface area contributed by atoms with E-state index in [4.69, 9.17) is 14.2 Å². The molecule has 0 aromatic heterocycles. The third kappa shape index (κ3) is 5.91. The number of ether oxygens (including phenoxy) is 3. The van der Waals surface area contributed by atoms with E-state index in [2.05, 4.69) is 5.32 Å². The fraction of sp³-hybridized carbons (Fsp3) is 0.625. The summed E-state index contributed by atoms with van der Waals surface area (Å²) < 4.78 is 15.9. The highest BCUT2D eigenvalue weighted by atomic mass is 16.5. The number of aliphatic hydroxyl groups is 1. The van der Waals surface area contributed by atoms with Crippen molar-refractivity contribution < 1.29 is 19.3 Å². The maximum atomic E-state index is 9.84. The summed E-state index contributed by atoms with van der Waals surface area (Å²) in [5.74, 6) is 1.41. The average Bonchev–Trinajstić information content (AvgIpc) is 2.49. The summed E-state index contributed by atoms with van der Waals surface area (Å²) in [7, 11) is 3.23. The molecule has 2 atom stereocenters. The summed E-state index contributed by atoms with van der Waals surface area (Å²) in [5, 5.41) is 13.1. The quantitative estimate of drug-likeness (QED) is 0.731. The zero-order valence-corrected chi connectivity index (χ0v) is 13.6. The van der Waals surface area contributed by atoms with E-state index >= 15 is 0 Å². The summed E-state index contributed by atoms with van der Waals surface area (Å²) in [6.45, 7) is 6.75. The summed E-state index contributed by atoms with van der Waals surface area (Å²) in [5.41, 5.74) is 1.07. The molecule has 0 heterocycles. The number of hydrogen-bond donors (Lipinski definition) is 2. The van der Waals surface area contributed by atoms with Gasteiger partial charge >= 0.3 is 0 Å². The van der Waals surface area contributed by atoms with Gasteiger partial charge in [-0.2, -0.15) is 0 Å². The molecule has 5 heteroatoms. The second kappa shape index (κ2) is 8.87. The predicted octanol–water partition coefficient (Wildman–Crippen LogP) is 2.14. The number of rotatable bonds is 9. The second-order valence-corrected chi connectivity index (χ2v) is 5.28. The topological polar surface area (TPSA) is 60.0 Å². The van der Waals surface area contributed by atoms with Crippen molar-refractivity contribution in [3.8, 4) is 11.5 Å². The van der Waals surface area contributed by atoms with Crippen molar-refractivity contribution in [2.75, 3.05) is 27.4 Å². The van der Waals surface area contributed by atoms with E-state index in [0.717, 1.165) is 5.56 Å². The van der Waals surface area contributed by atoms with Crippen molar-refractivity contribution in [2.24, 2.45) is 0 Å². The average molecular weight is 297 g/mol. The van der Waals surface area contributed by atoms with Crippen LogP contribution < -0.4 is 14.8 Å². The van der Waals surface area contributed by atoms with E-state index in [1.165, 1.54) is 0 Å². The molecule has 0 saturated carbocycles. The Morgan fingerprint density at radius 1 is 1.10 bits per heavy atom. The van der Waals surface area contributed by atoms with Crippen LogP contribution >= 0.6 is 0 Å². The van der Waals surface area contributed by atoms with Crippen LogP contribution in [0.4, 0.5) is 0 Å². The molecule has 120 valence electrons. The Labute approximate surface area is 127 Å². The van der Waals surface area contributed by atoms with Crippen LogP contribution in [0.15, 0.2) is 18.2 Å². The van der Waals surface area contributed by atoms with Gasteiger partial charge in [-0.15, -0.1) is 0 Å². The summed E-state index contributed by atoms with van der Waals surface area (Å²) >= 11 is 0. The molecule has 5 nitrogen and oxygen atoms in total. The molecule has 1 aromatic carbocycles. The Kier molecular flexibility index (Phi) is 7.50. The first kappa shape index (κ1) is 17.8. The number of aliphatic hydroxyl groups excluding tert-OH is 1. The fourth-order valence-electron chi connectivity index (χ4n) is 1.92. The highest BCUT2D eigenvalue weighted by molar-refractivity contribution is 5.43. The van der Waals surface area contributed by atoms with E-state index in [9.17, 15) is 5.11 Å². The molecule has 1 rings (SSSR count). The Morgan fingerprint density at radius 2 is 1.76 bits per heavy atom. The van der Waals surface area contributed by atoms with E-state index in [1.807, 2.05) is 39.0 Å². The monoisotopic (exact) mass is 297 g/mol. The predicted molar refractivity (Wildman–Crippen MR) is 83.1 cm³/mol. The lowest BCUT2D eigenvalue weighted by atomic mass is 10.1. The van der Waals surface area contributed by atoms with Gasteiger partial charge in [-0.25, -0.2) is 0 Å². The summed E-state index contributed by atoms with van der Waals surface area (Å²) in [6, 6.07) is 5.90. The van der Waals surface area contributed by atoms with Gasteiger partial charge in [-0.3, -0.25) is 0 Å². The number of hydrogen-bond acceptors (Lipinski definition) is 5. The molecule has 2 unspecified atom stereocenters. The molecule has 0 amide bonds. The third-order valence-corrected chi connectivity index (χ3v) is 3.19. The van der Waals surface area contributed by atoms with Crippen LogP contribution in [-0.2, 0) is 4.74 Å². The smallest absolute Gasteiger partial charge is 0.161 e. The molecular weight excluding hydrogens is 270 g/mol. The van der Waals surface area contributed by atoms with Gasteiger partial charge in [0.15, 0.2) is 11.5 Å². The van der Waals surface area contributed by atoms with Crippen molar-refractivity contribution in [1.82, 2.24) is 5.32 Å². The Balaban J connectivity index is 2.53. The largest absolute Gasteiger partial charge is 0.493 e. The van der Waals surface area contributed by atoms with E-state index in [1.54, 1.807) is 14.2 Å². The van der Waals surface area contributed by atoms with Crippen LogP contribution in [0.25, 0.3) is 0 Å². The normalized spacial score (nSPS) is 14.0. The minimum Gasteiger partial charge on any atom is -0.493 e. The summed E-state index contributed by atoms with van der Waals surface area (Å²) in [4.78, 5) is 0. The van der Waals surface area contributed by atoms with Gasteiger partial charge in [0.2, 0.25) is 0 Å². The van der Waals surface area contributed by atoms with Gasteiger partial charge in [0.05, 0.1) is 33.0 Å². The molecule has 0 bridgehead atoms. The van der Waals surface area contributed by atoms with Crippen molar-refractivity contribution in [3.05, 3.63) is 23.8 Å². The number of benzene rings is 1. The molecule has 0 radical (unpaired) electrons. The standard InChI is InChI=1S/C16H27NO4/c1-11(2)21-10-14(18)9-17-12(3)13-6-7-15(19-4)16(8-13)20-5/h6-8,11-12,14,17-18H,9-10H2,1-5H3. The first-order valence-corrected chi connectivity index (χ1v) is 7.22. The lowest BCUT2D eigenvalue weighted by molar-refractivity contribution is 0.00560. The van der Waals surface area contributed by atoms with Crippen molar-refractivity contribution in [2.45, 2.75) is 39.0 Å². The first-order valence-electron chi connectivity index (χ1n) is 7.22. The molecule has 0 fully saturated rings. The molecule has 0 aliphatic heterocycles. The van der Waals surface area contributed by atoms with Crippen LogP contribution in [0.1, 0.15) is 32.4 Å².